The fourth-order valence-corrected chi connectivity index (χ4v) is 2.23. The van der Waals surface area contributed by atoms with Crippen molar-refractivity contribution >= 4 is 0 Å². The Morgan fingerprint density at radius 3 is 1.95 bits per heavy atom. The lowest BCUT2D eigenvalue weighted by Crippen LogP contribution is -2.40. The molecule has 2 nitrogen and oxygen atoms in total. The van der Waals surface area contributed by atoms with Gasteiger partial charge in [0.2, 0.25) is 0 Å². The van der Waals surface area contributed by atoms with Crippen LogP contribution in [0.4, 0.5) is 0 Å². The lowest BCUT2D eigenvalue weighted by molar-refractivity contribution is 0.0303. The van der Waals surface area contributed by atoms with Gasteiger partial charge in [-0.1, -0.05) is 58.9 Å². The van der Waals surface area contributed by atoms with Gasteiger partial charge in [-0.25, -0.2) is 0 Å². The molecule has 0 aromatic heterocycles. The summed E-state index contributed by atoms with van der Waals surface area (Å²) in [6.45, 7) is 13.5. The molecular formula is C18H31NO. The van der Waals surface area contributed by atoms with Crippen LogP contribution in [0.25, 0.3) is 0 Å². The van der Waals surface area contributed by atoms with E-state index < -0.39 is 5.60 Å². The molecule has 1 unspecified atom stereocenters. The van der Waals surface area contributed by atoms with E-state index in [1.807, 2.05) is 13.8 Å². The normalized spacial score (nSPS) is 14.3. The summed E-state index contributed by atoms with van der Waals surface area (Å²) in [5, 5.41) is 13.8. The van der Waals surface area contributed by atoms with Crippen LogP contribution in [0.5, 0.6) is 0 Å². The van der Waals surface area contributed by atoms with Crippen LogP contribution in [-0.4, -0.2) is 17.3 Å². The lowest BCUT2D eigenvalue weighted by atomic mass is 9.86. The van der Waals surface area contributed by atoms with E-state index in [-0.39, 0.29) is 11.5 Å². The maximum atomic E-state index is 10.3. The van der Waals surface area contributed by atoms with Gasteiger partial charge in [-0.15, -0.1) is 0 Å². The molecule has 0 amide bonds. The van der Waals surface area contributed by atoms with Gasteiger partial charge in [-0.3, -0.25) is 0 Å². The molecule has 0 radical (unpaired) electrons. The van der Waals surface area contributed by atoms with E-state index in [9.17, 15) is 5.11 Å². The minimum Gasteiger partial charge on any atom is -0.389 e. The van der Waals surface area contributed by atoms with Crippen molar-refractivity contribution in [1.82, 2.24) is 5.32 Å². The summed E-state index contributed by atoms with van der Waals surface area (Å²) in [6, 6.07) is 9.05. The van der Waals surface area contributed by atoms with Crippen molar-refractivity contribution in [2.24, 2.45) is 0 Å². The van der Waals surface area contributed by atoms with E-state index in [2.05, 4.69) is 57.3 Å². The third-order valence-electron chi connectivity index (χ3n) is 4.33. The van der Waals surface area contributed by atoms with Crippen molar-refractivity contribution in [3.8, 4) is 0 Å². The molecule has 0 bridgehead atoms. The van der Waals surface area contributed by atoms with Crippen LogP contribution in [0, 0.1) is 0 Å². The van der Waals surface area contributed by atoms with Crippen molar-refractivity contribution < 1.29 is 5.11 Å². The summed E-state index contributed by atoms with van der Waals surface area (Å²) in [4.78, 5) is 0. The van der Waals surface area contributed by atoms with Crippen molar-refractivity contribution in [3.63, 3.8) is 0 Å². The number of nitrogens with one attached hydrogen (secondary N) is 1. The van der Waals surface area contributed by atoms with E-state index in [1.54, 1.807) is 0 Å². The summed E-state index contributed by atoms with van der Waals surface area (Å²) in [5.41, 5.74) is 2.24. The molecule has 0 aliphatic heterocycles. The fraction of sp³-hybridized carbons (Fsp3) is 0.667. The zero-order valence-electron chi connectivity index (χ0n) is 14.0. The second kappa shape index (κ2) is 6.73. The maximum Gasteiger partial charge on any atom is 0.0766 e. The van der Waals surface area contributed by atoms with Crippen molar-refractivity contribution in [2.75, 3.05) is 6.54 Å². The Labute approximate surface area is 124 Å². The van der Waals surface area contributed by atoms with Crippen LogP contribution in [0.2, 0.25) is 0 Å². The van der Waals surface area contributed by atoms with Crippen LogP contribution in [0.1, 0.15) is 71.6 Å². The summed E-state index contributed by atoms with van der Waals surface area (Å²) in [5.74, 6) is 0. The number of hydrogen-bond acceptors (Lipinski definition) is 2. The number of aliphatic hydroxyl groups is 1. The molecule has 2 N–H and O–H groups in total. The third kappa shape index (κ3) is 4.60. The molecule has 0 aliphatic rings. The summed E-state index contributed by atoms with van der Waals surface area (Å²) in [7, 11) is 0. The summed E-state index contributed by atoms with van der Waals surface area (Å²) < 4.78 is 0. The van der Waals surface area contributed by atoms with Gasteiger partial charge in [0.25, 0.3) is 0 Å². The monoisotopic (exact) mass is 277 g/mol. The quantitative estimate of drug-likeness (QED) is 0.817. The highest BCUT2D eigenvalue weighted by atomic mass is 16.3. The Kier molecular flexibility index (Phi) is 5.79. The predicted molar refractivity (Wildman–Crippen MR) is 87.1 cm³/mol. The molecule has 1 rings (SSSR count). The highest BCUT2D eigenvalue weighted by Crippen LogP contribution is 2.24. The first-order chi connectivity index (χ1) is 9.22. The van der Waals surface area contributed by atoms with Gasteiger partial charge in [0.15, 0.2) is 0 Å². The van der Waals surface area contributed by atoms with Gasteiger partial charge in [0.05, 0.1) is 5.60 Å². The van der Waals surface area contributed by atoms with Crippen LogP contribution in [-0.2, 0) is 5.41 Å². The Balaban J connectivity index is 2.67. The maximum absolute atomic E-state index is 10.3. The smallest absolute Gasteiger partial charge is 0.0766 e. The Bertz CT molecular complexity index is 398. The lowest BCUT2D eigenvalue weighted by Gasteiger charge is -2.28. The van der Waals surface area contributed by atoms with Gasteiger partial charge in [-0.2, -0.15) is 0 Å². The first-order valence-electron chi connectivity index (χ1n) is 7.78. The molecule has 0 heterocycles. The minimum absolute atomic E-state index is 0.194. The average Bonchev–Trinajstić information content (AvgIpc) is 2.43. The summed E-state index contributed by atoms with van der Waals surface area (Å²) in [6.07, 6.45) is 1.57. The van der Waals surface area contributed by atoms with Gasteiger partial charge >= 0.3 is 0 Å². The van der Waals surface area contributed by atoms with Crippen LogP contribution in [0.3, 0.4) is 0 Å². The van der Waals surface area contributed by atoms with Gasteiger partial charge in [0, 0.05) is 12.6 Å². The molecule has 20 heavy (non-hydrogen) atoms. The van der Waals surface area contributed by atoms with Crippen molar-refractivity contribution in [3.05, 3.63) is 35.4 Å². The van der Waals surface area contributed by atoms with Gasteiger partial charge in [0.1, 0.15) is 0 Å². The second-order valence-corrected chi connectivity index (χ2v) is 6.91. The molecule has 0 saturated carbocycles. The van der Waals surface area contributed by atoms with Crippen LogP contribution >= 0.6 is 0 Å². The van der Waals surface area contributed by atoms with E-state index in [0.29, 0.717) is 6.54 Å². The minimum atomic E-state index is -0.584. The third-order valence-corrected chi connectivity index (χ3v) is 4.33. The molecule has 0 spiro atoms. The van der Waals surface area contributed by atoms with Crippen molar-refractivity contribution in [2.45, 2.75) is 71.4 Å². The Morgan fingerprint density at radius 2 is 1.55 bits per heavy atom. The molecular weight excluding hydrogens is 246 g/mol. The van der Waals surface area contributed by atoms with E-state index in [0.717, 1.165) is 12.8 Å². The standard InChI is InChI=1S/C18H31NO/c1-7-18(20,8-2)13-19-14(3)15-9-11-16(12-10-15)17(4,5)6/h9-12,14,19-20H,7-8,13H2,1-6H3. The summed E-state index contributed by atoms with van der Waals surface area (Å²) >= 11 is 0. The molecule has 1 aromatic rings. The highest BCUT2D eigenvalue weighted by molar-refractivity contribution is 5.29. The van der Waals surface area contributed by atoms with E-state index >= 15 is 0 Å². The molecule has 0 fully saturated rings. The molecule has 0 saturated heterocycles. The zero-order chi connectivity index (χ0) is 15.4. The molecule has 2 heteroatoms. The Morgan fingerprint density at radius 1 is 1.05 bits per heavy atom. The SMILES string of the molecule is CCC(O)(CC)CNC(C)c1ccc(C(C)(C)C)cc1. The number of rotatable bonds is 6. The number of hydrogen-bond donors (Lipinski definition) is 2. The predicted octanol–water partition coefficient (Wildman–Crippen LogP) is 4.19. The zero-order valence-corrected chi connectivity index (χ0v) is 14.0. The molecule has 1 atom stereocenters. The number of benzene rings is 1. The topological polar surface area (TPSA) is 32.3 Å². The fourth-order valence-electron chi connectivity index (χ4n) is 2.23. The Hall–Kier alpha value is -0.860. The van der Waals surface area contributed by atoms with Gasteiger partial charge < -0.3 is 10.4 Å². The second-order valence-electron chi connectivity index (χ2n) is 6.91. The largest absolute Gasteiger partial charge is 0.389 e. The molecule has 1 aromatic carbocycles. The van der Waals surface area contributed by atoms with Crippen molar-refractivity contribution in [1.29, 1.82) is 0 Å². The van der Waals surface area contributed by atoms with Gasteiger partial charge in [-0.05, 0) is 36.3 Å². The molecule has 114 valence electrons. The van der Waals surface area contributed by atoms with E-state index in [4.69, 9.17) is 0 Å². The first kappa shape index (κ1) is 17.2. The van der Waals surface area contributed by atoms with E-state index in [1.165, 1.54) is 11.1 Å². The van der Waals surface area contributed by atoms with Crippen LogP contribution in [0.15, 0.2) is 24.3 Å². The average molecular weight is 277 g/mol. The van der Waals surface area contributed by atoms with Crippen LogP contribution < -0.4 is 5.32 Å². The highest BCUT2D eigenvalue weighted by Gasteiger charge is 2.22. The first-order valence-corrected chi connectivity index (χ1v) is 7.78. The molecule has 0 aliphatic carbocycles.